The van der Waals surface area contributed by atoms with Crippen LogP contribution >= 0.6 is 0 Å². The number of imidazole rings is 1. The maximum absolute atomic E-state index is 12.3. The molecule has 0 unspecified atom stereocenters. The molecular weight excluding hydrogens is 330 g/mol. The van der Waals surface area contributed by atoms with E-state index in [0.29, 0.717) is 29.2 Å². The molecule has 3 aromatic heterocycles. The molecule has 0 aliphatic rings. The van der Waals surface area contributed by atoms with Crippen LogP contribution in [-0.2, 0) is 6.54 Å². The fraction of sp³-hybridized carbons (Fsp3) is 0.211. The summed E-state index contributed by atoms with van der Waals surface area (Å²) in [6, 6.07) is 1.76. The van der Waals surface area contributed by atoms with Crippen molar-refractivity contribution in [3.63, 3.8) is 0 Å². The van der Waals surface area contributed by atoms with Gasteiger partial charge in [-0.15, -0.1) is 12.8 Å². The molecule has 3 heterocycles. The minimum absolute atomic E-state index is 0.221. The smallest absolute Gasteiger partial charge is 0.326 e. The lowest BCUT2D eigenvalue weighted by Crippen LogP contribution is -2.17. The van der Waals surface area contributed by atoms with Crippen LogP contribution in [0.15, 0.2) is 51.5 Å². The number of rotatable bonds is 5. The minimum Gasteiger partial charge on any atom is -0.443 e. The second-order valence-corrected chi connectivity index (χ2v) is 5.50. The van der Waals surface area contributed by atoms with E-state index in [4.69, 9.17) is 10.2 Å². The van der Waals surface area contributed by atoms with Gasteiger partial charge in [0.1, 0.15) is 23.3 Å². The molecule has 0 atom stereocenters. The van der Waals surface area contributed by atoms with Crippen LogP contribution in [0.4, 0.5) is 5.82 Å². The Balaban J connectivity index is 0.00000117. The Morgan fingerprint density at radius 3 is 2.88 bits per heavy atom. The van der Waals surface area contributed by atoms with Crippen molar-refractivity contribution in [2.45, 2.75) is 26.8 Å². The van der Waals surface area contributed by atoms with Crippen LogP contribution < -0.4 is 11.4 Å². The van der Waals surface area contributed by atoms with Crippen LogP contribution in [0, 0.1) is 12.8 Å². The second kappa shape index (κ2) is 8.53. The van der Waals surface area contributed by atoms with Crippen molar-refractivity contribution in [2.75, 3.05) is 5.73 Å². The number of H-pyrrole nitrogens is 1. The third-order valence-corrected chi connectivity index (χ3v) is 3.69. The van der Waals surface area contributed by atoms with Gasteiger partial charge in [0.05, 0.1) is 11.7 Å². The number of pyridine rings is 1. The van der Waals surface area contributed by atoms with Gasteiger partial charge in [-0.3, -0.25) is 4.57 Å². The summed E-state index contributed by atoms with van der Waals surface area (Å²) >= 11 is 0. The van der Waals surface area contributed by atoms with Crippen molar-refractivity contribution in [3.05, 3.63) is 52.8 Å². The van der Waals surface area contributed by atoms with Crippen LogP contribution in [-0.4, -0.2) is 19.5 Å². The van der Waals surface area contributed by atoms with E-state index < -0.39 is 0 Å². The summed E-state index contributed by atoms with van der Waals surface area (Å²) in [5, 5.41) is 0. The van der Waals surface area contributed by atoms with Crippen molar-refractivity contribution in [1.82, 2.24) is 19.5 Å². The summed E-state index contributed by atoms with van der Waals surface area (Å²) in [7, 11) is 0. The highest BCUT2D eigenvalue weighted by molar-refractivity contribution is 5.87. The number of nitrogens with zero attached hydrogens (tertiary/aromatic N) is 3. The SMILES string of the molecule is C#C.C/C=C\C/C=C(\C)Cn1c(=O)[nH]c2c(N)nc(-c3ncco3)cc21. The Morgan fingerprint density at radius 1 is 1.46 bits per heavy atom. The number of nitrogens with one attached hydrogen (secondary N) is 1. The average Bonchev–Trinajstić information content (AvgIpc) is 3.27. The zero-order valence-corrected chi connectivity index (χ0v) is 14.8. The molecule has 0 saturated carbocycles. The monoisotopic (exact) mass is 351 g/mol. The van der Waals surface area contributed by atoms with E-state index in [1.54, 1.807) is 10.6 Å². The molecule has 0 bridgehead atoms. The zero-order valence-electron chi connectivity index (χ0n) is 14.8. The van der Waals surface area contributed by atoms with E-state index in [1.807, 2.05) is 19.9 Å². The topological polar surface area (TPSA) is 103 Å². The van der Waals surface area contributed by atoms with Crippen LogP contribution in [0.25, 0.3) is 22.6 Å². The van der Waals surface area contributed by atoms with E-state index in [0.717, 1.165) is 12.0 Å². The number of nitrogens with two attached hydrogens (primary N) is 1. The lowest BCUT2D eigenvalue weighted by Gasteiger charge is -2.05. The molecule has 0 aliphatic carbocycles. The molecule has 0 radical (unpaired) electrons. The third kappa shape index (κ3) is 3.92. The maximum Gasteiger partial charge on any atom is 0.326 e. The molecule has 0 fully saturated rings. The fourth-order valence-corrected chi connectivity index (χ4v) is 2.51. The molecule has 0 aromatic carbocycles. The number of terminal acetylenes is 1. The van der Waals surface area contributed by atoms with Crippen molar-refractivity contribution < 1.29 is 4.42 Å². The Morgan fingerprint density at radius 2 is 2.23 bits per heavy atom. The summed E-state index contributed by atoms with van der Waals surface area (Å²) in [5.74, 6) is 0.608. The zero-order chi connectivity index (χ0) is 19.1. The number of hydrogen-bond acceptors (Lipinski definition) is 5. The van der Waals surface area contributed by atoms with Gasteiger partial charge in [0.25, 0.3) is 0 Å². The molecule has 134 valence electrons. The Kier molecular flexibility index (Phi) is 6.17. The normalized spacial score (nSPS) is 11.6. The van der Waals surface area contributed by atoms with E-state index in [2.05, 4.69) is 40.0 Å². The number of anilines is 1. The standard InChI is InChI=1S/C17H19N5O2.C2H2/c1-3-4-5-6-11(2)10-22-13-9-12(16-19-7-8-24-16)20-15(18)14(13)21-17(22)23;1-2/h3-4,6-9H,5,10H2,1-2H3,(H2,18,20)(H,21,23);1-2H/b4-3-,11-6+;. The van der Waals surface area contributed by atoms with Crippen molar-refractivity contribution >= 4 is 16.9 Å². The van der Waals surface area contributed by atoms with Gasteiger partial charge in [-0.2, -0.15) is 0 Å². The minimum atomic E-state index is -0.221. The van der Waals surface area contributed by atoms with E-state index in [1.165, 1.54) is 12.5 Å². The number of hydrogen-bond donors (Lipinski definition) is 2. The van der Waals surface area contributed by atoms with Gasteiger partial charge in [0.2, 0.25) is 5.89 Å². The molecule has 0 spiro atoms. The summed E-state index contributed by atoms with van der Waals surface area (Å²) in [6.45, 7) is 4.45. The maximum atomic E-state index is 12.3. The molecule has 0 aliphatic heterocycles. The largest absolute Gasteiger partial charge is 0.443 e. The second-order valence-electron chi connectivity index (χ2n) is 5.50. The summed E-state index contributed by atoms with van der Waals surface area (Å²) in [5.41, 5.74) is 8.55. The number of oxazole rings is 1. The number of aromatic nitrogens is 4. The Hall–Kier alpha value is -3.53. The first-order chi connectivity index (χ1) is 12.6. The van der Waals surface area contributed by atoms with E-state index in [9.17, 15) is 4.79 Å². The molecule has 3 aromatic rings. The van der Waals surface area contributed by atoms with Crippen LogP contribution in [0.1, 0.15) is 20.3 Å². The first-order valence-electron chi connectivity index (χ1n) is 7.99. The van der Waals surface area contributed by atoms with Crippen molar-refractivity contribution in [3.8, 4) is 24.4 Å². The van der Waals surface area contributed by atoms with Gasteiger partial charge in [0.15, 0.2) is 0 Å². The molecule has 26 heavy (non-hydrogen) atoms. The van der Waals surface area contributed by atoms with E-state index in [-0.39, 0.29) is 11.5 Å². The highest BCUT2D eigenvalue weighted by Gasteiger charge is 2.15. The molecule has 7 heteroatoms. The molecular formula is C19H21N5O2. The predicted molar refractivity (Wildman–Crippen MR) is 103 cm³/mol. The summed E-state index contributed by atoms with van der Waals surface area (Å²) in [4.78, 5) is 23.4. The van der Waals surface area contributed by atoms with Crippen LogP contribution in [0.3, 0.4) is 0 Å². The van der Waals surface area contributed by atoms with Gasteiger partial charge in [-0.25, -0.2) is 14.8 Å². The molecule has 3 N–H and O–H groups in total. The number of nitrogen functional groups attached to an aromatic ring is 1. The molecule has 7 nitrogen and oxygen atoms in total. The van der Waals surface area contributed by atoms with Gasteiger partial charge in [-0.05, 0) is 26.3 Å². The Bertz CT molecular complexity index is 1000. The van der Waals surface area contributed by atoms with Crippen molar-refractivity contribution in [1.29, 1.82) is 0 Å². The molecule has 0 saturated heterocycles. The predicted octanol–water partition coefficient (Wildman–Crippen LogP) is 3.12. The quantitative estimate of drug-likeness (QED) is 0.543. The van der Waals surface area contributed by atoms with Gasteiger partial charge < -0.3 is 15.1 Å². The summed E-state index contributed by atoms with van der Waals surface area (Å²) < 4.78 is 6.91. The van der Waals surface area contributed by atoms with Crippen LogP contribution in [0.2, 0.25) is 0 Å². The van der Waals surface area contributed by atoms with Crippen LogP contribution in [0.5, 0.6) is 0 Å². The first kappa shape index (κ1) is 18.8. The van der Waals surface area contributed by atoms with Gasteiger partial charge >= 0.3 is 5.69 Å². The Labute approximate surface area is 151 Å². The highest BCUT2D eigenvalue weighted by Crippen LogP contribution is 2.23. The molecule has 0 amide bonds. The third-order valence-electron chi connectivity index (χ3n) is 3.69. The number of allylic oxidation sites excluding steroid dienone is 4. The lowest BCUT2D eigenvalue weighted by atomic mass is 10.2. The first-order valence-corrected chi connectivity index (χ1v) is 7.99. The van der Waals surface area contributed by atoms with Crippen molar-refractivity contribution in [2.24, 2.45) is 0 Å². The molecule has 3 rings (SSSR count). The fourth-order valence-electron chi connectivity index (χ4n) is 2.51. The highest BCUT2D eigenvalue weighted by atomic mass is 16.3. The lowest BCUT2D eigenvalue weighted by molar-refractivity contribution is 0.572. The van der Waals surface area contributed by atoms with Gasteiger partial charge in [0, 0.05) is 6.54 Å². The number of aromatic amines is 1. The number of fused-ring (bicyclic) bond motifs is 1. The van der Waals surface area contributed by atoms with Gasteiger partial charge in [-0.1, -0.05) is 23.8 Å². The average molecular weight is 351 g/mol. The summed E-state index contributed by atoms with van der Waals surface area (Å²) in [6.07, 6.45) is 18.0. The van der Waals surface area contributed by atoms with E-state index >= 15 is 0 Å².